The van der Waals surface area contributed by atoms with Gasteiger partial charge in [0, 0.05) is 23.1 Å². The van der Waals surface area contributed by atoms with Gasteiger partial charge in [0.1, 0.15) is 6.61 Å². The number of carbonyl (C=O) groups is 2. The van der Waals surface area contributed by atoms with E-state index in [2.05, 4.69) is 5.16 Å². The molecule has 3 heterocycles. The number of nitrogens with zero attached hydrogens (tertiary/aromatic N) is 2. The van der Waals surface area contributed by atoms with Crippen LogP contribution in [-0.4, -0.2) is 53.5 Å². The van der Waals surface area contributed by atoms with Crippen molar-refractivity contribution in [1.29, 1.82) is 0 Å². The fourth-order valence-electron chi connectivity index (χ4n) is 4.51. The van der Waals surface area contributed by atoms with E-state index in [0.29, 0.717) is 5.56 Å². The number of fused-ring (bicyclic) bond motifs is 2. The topological polar surface area (TPSA) is 88.4 Å². The molecular formula is C22H14Cl2F4N2O5. The molecule has 7 nitrogen and oxygen atoms in total. The zero-order valence-corrected chi connectivity index (χ0v) is 19.0. The Morgan fingerprint density at radius 3 is 2.43 bits per heavy atom. The average molecular weight is 533 g/mol. The maximum absolute atomic E-state index is 14.2. The van der Waals surface area contributed by atoms with Crippen molar-refractivity contribution in [2.45, 2.75) is 23.8 Å². The van der Waals surface area contributed by atoms with Gasteiger partial charge in [0.25, 0.3) is 5.60 Å². The minimum absolute atomic E-state index is 0.0534. The SMILES string of the molecule is O=C1OC2(CN(C(=O)CO)C2)c2ccc(C3=NOC(c4cc(Cl)c(F)c(Cl)c4)(C(F)(F)F)C3)cc21. The normalized spacial score (nSPS) is 22.4. The third-order valence-corrected chi connectivity index (χ3v) is 6.92. The fourth-order valence-corrected chi connectivity index (χ4v) is 4.99. The molecule has 13 heteroatoms. The van der Waals surface area contributed by atoms with E-state index in [-0.39, 0.29) is 29.9 Å². The number of hydrogen-bond acceptors (Lipinski definition) is 6. The summed E-state index contributed by atoms with van der Waals surface area (Å²) in [5.74, 6) is -2.27. The van der Waals surface area contributed by atoms with E-state index in [1.54, 1.807) is 0 Å². The van der Waals surface area contributed by atoms with Crippen molar-refractivity contribution in [3.63, 3.8) is 0 Å². The minimum Gasteiger partial charge on any atom is -0.447 e. The Balaban J connectivity index is 1.46. The van der Waals surface area contributed by atoms with Crippen molar-refractivity contribution in [2.75, 3.05) is 19.7 Å². The molecule has 2 aromatic rings. The van der Waals surface area contributed by atoms with Crippen LogP contribution in [0.25, 0.3) is 0 Å². The second-order valence-corrected chi connectivity index (χ2v) is 9.25. The number of oxime groups is 1. The molecule has 1 fully saturated rings. The van der Waals surface area contributed by atoms with Crippen LogP contribution in [0.3, 0.4) is 0 Å². The molecule has 184 valence electrons. The lowest BCUT2D eigenvalue weighted by atomic mass is 9.83. The van der Waals surface area contributed by atoms with E-state index in [4.69, 9.17) is 37.9 Å². The standard InChI is InChI=1S/C22H14Cl2F4N2O5/c23-14-4-11(5-15(24)18(14)25)21(22(26,27)28)6-16(29-35-21)10-1-2-13-12(3-10)19(33)34-20(13)8-30(9-20)17(32)7-31/h1-5,31H,6-9H2. The molecule has 1 N–H and O–H groups in total. The summed E-state index contributed by atoms with van der Waals surface area (Å²) in [6.45, 7) is -0.573. The lowest BCUT2D eigenvalue weighted by molar-refractivity contribution is -0.275. The molecule has 0 aromatic heterocycles. The summed E-state index contributed by atoms with van der Waals surface area (Å²) >= 11 is 11.4. The highest BCUT2D eigenvalue weighted by Crippen LogP contribution is 2.50. The van der Waals surface area contributed by atoms with Gasteiger partial charge in [-0.25, -0.2) is 9.18 Å². The van der Waals surface area contributed by atoms with Crippen molar-refractivity contribution >= 4 is 40.8 Å². The molecule has 1 unspecified atom stereocenters. The molecule has 0 saturated carbocycles. The van der Waals surface area contributed by atoms with Crippen LogP contribution >= 0.6 is 23.2 Å². The zero-order valence-electron chi connectivity index (χ0n) is 17.5. The Morgan fingerprint density at radius 1 is 1.17 bits per heavy atom. The zero-order chi connectivity index (χ0) is 25.3. The van der Waals surface area contributed by atoms with Gasteiger partial charge >= 0.3 is 12.1 Å². The lowest BCUT2D eigenvalue weighted by Crippen LogP contribution is -2.62. The van der Waals surface area contributed by atoms with Crippen LogP contribution in [0.15, 0.2) is 35.5 Å². The number of halogens is 6. The van der Waals surface area contributed by atoms with Gasteiger partial charge in [-0.2, -0.15) is 13.2 Å². The highest BCUT2D eigenvalue weighted by Gasteiger charge is 2.63. The van der Waals surface area contributed by atoms with E-state index in [0.717, 1.165) is 12.1 Å². The van der Waals surface area contributed by atoms with Gasteiger partial charge in [-0.05, 0) is 18.2 Å². The number of carbonyl (C=O) groups excluding carboxylic acids is 2. The number of alkyl halides is 3. The largest absolute Gasteiger partial charge is 0.447 e. The molecular weight excluding hydrogens is 519 g/mol. The van der Waals surface area contributed by atoms with Gasteiger partial charge in [-0.3, -0.25) is 4.79 Å². The van der Waals surface area contributed by atoms with Gasteiger partial charge in [0.05, 0.1) is 34.4 Å². The Bertz CT molecular complexity index is 1290. The third kappa shape index (κ3) is 3.47. The first-order chi connectivity index (χ1) is 16.4. The number of aliphatic hydroxyl groups is 1. The van der Waals surface area contributed by atoms with E-state index >= 15 is 0 Å². The number of likely N-dealkylation sites (tertiary alicyclic amines) is 1. The molecule has 1 spiro atoms. The first-order valence-electron chi connectivity index (χ1n) is 10.1. The van der Waals surface area contributed by atoms with Crippen LogP contribution in [0, 0.1) is 5.82 Å². The maximum Gasteiger partial charge on any atom is 0.435 e. The molecule has 5 rings (SSSR count). The summed E-state index contributed by atoms with van der Waals surface area (Å²) in [6, 6.07) is 5.92. The van der Waals surface area contributed by atoms with E-state index < -0.39 is 63.7 Å². The van der Waals surface area contributed by atoms with Crippen LogP contribution in [0.1, 0.15) is 33.5 Å². The van der Waals surface area contributed by atoms with Gasteiger partial charge in [-0.15, -0.1) is 0 Å². The smallest absolute Gasteiger partial charge is 0.435 e. The average Bonchev–Trinajstić information content (AvgIpc) is 3.36. The van der Waals surface area contributed by atoms with Crippen molar-refractivity contribution in [3.05, 3.63) is 68.4 Å². The van der Waals surface area contributed by atoms with Crippen LogP contribution in [-0.2, 0) is 25.6 Å². The molecule has 0 aliphatic carbocycles. The molecule has 3 aliphatic heterocycles. The summed E-state index contributed by atoms with van der Waals surface area (Å²) in [4.78, 5) is 30.4. The number of amides is 1. The van der Waals surface area contributed by atoms with E-state index in [9.17, 15) is 27.2 Å². The van der Waals surface area contributed by atoms with Gasteiger partial charge in [0.15, 0.2) is 11.4 Å². The lowest BCUT2D eigenvalue weighted by Gasteiger charge is -2.46. The number of rotatable bonds is 3. The van der Waals surface area contributed by atoms with Crippen LogP contribution in [0.2, 0.25) is 10.0 Å². The molecule has 1 atom stereocenters. The Labute approximate surface area is 204 Å². The molecule has 1 saturated heterocycles. The molecule has 2 aromatic carbocycles. The second-order valence-electron chi connectivity index (χ2n) is 8.44. The van der Waals surface area contributed by atoms with Crippen LogP contribution in [0.5, 0.6) is 0 Å². The number of benzene rings is 2. The molecule has 3 aliphatic rings. The summed E-state index contributed by atoms with van der Waals surface area (Å²) < 4.78 is 61.9. The highest BCUT2D eigenvalue weighted by molar-refractivity contribution is 6.35. The summed E-state index contributed by atoms with van der Waals surface area (Å²) in [5, 5.41) is 11.4. The second kappa shape index (κ2) is 7.81. The molecule has 0 bridgehead atoms. The van der Waals surface area contributed by atoms with Gasteiger partial charge in [-0.1, -0.05) is 40.5 Å². The minimum atomic E-state index is -4.98. The van der Waals surface area contributed by atoms with Crippen molar-refractivity contribution < 1.29 is 41.8 Å². The van der Waals surface area contributed by atoms with E-state index in [1.165, 1.54) is 23.1 Å². The Morgan fingerprint density at radius 2 is 1.83 bits per heavy atom. The van der Waals surface area contributed by atoms with E-state index in [1.807, 2.05) is 0 Å². The number of ether oxygens (including phenoxy) is 1. The van der Waals surface area contributed by atoms with Crippen molar-refractivity contribution in [2.24, 2.45) is 5.16 Å². The third-order valence-electron chi connectivity index (χ3n) is 6.37. The monoisotopic (exact) mass is 532 g/mol. The molecule has 0 radical (unpaired) electrons. The maximum atomic E-state index is 14.2. The number of hydrogen-bond donors (Lipinski definition) is 1. The molecule has 35 heavy (non-hydrogen) atoms. The van der Waals surface area contributed by atoms with Crippen molar-refractivity contribution in [1.82, 2.24) is 4.90 Å². The number of esters is 1. The predicted octanol–water partition coefficient (Wildman–Crippen LogP) is 3.91. The van der Waals surface area contributed by atoms with Crippen LogP contribution in [0.4, 0.5) is 17.6 Å². The Hall–Kier alpha value is -2.89. The van der Waals surface area contributed by atoms with Gasteiger partial charge in [0.2, 0.25) is 5.91 Å². The van der Waals surface area contributed by atoms with Crippen molar-refractivity contribution in [3.8, 4) is 0 Å². The Kier molecular flexibility index (Phi) is 5.32. The van der Waals surface area contributed by atoms with Gasteiger partial charge < -0.3 is 19.6 Å². The summed E-state index contributed by atoms with van der Waals surface area (Å²) in [5.41, 5.74) is -3.88. The fraction of sp³-hybridized carbons (Fsp3) is 0.318. The highest BCUT2D eigenvalue weighted by atomic mass is 35.5. The molecule has 1 amide bonds. The summed E-state index contributed by atoms with van der Waals surface area (Å²) in [7, 11) is 0. The quantitative estimate of drug-likeness (QED) is 0.368. The number of aliphatic hydroxyl groups excluding tert-OH is 1. The first kappa shape index (κ1) is 23.8. The summed E-state index contributed by atoms with van der Waals surface area (Å²) in [6.07, 6.45) is -5.76. The van der Waals surface area contributed by atoms with Crippen LogP contribution < -0.4 is 0 Å². The first-order valence-corrected chi connectivity index (χ1v) is 10.9. The predicted molar refractivity (Wildman–Crippen MR) is 114 cm³/mol.